The quantitative estimate of drug-likeness (QED) is 0.584. The van der Waals surface area contributed by atoms with Gasteiger partial charge in [0.15, 0.2) is 0 Å². The van der Waals surface area contributed by atoms with E-state index in [-0.39, 0.29) is 35.3 Å². The van der Waals surface area contributed by atoms with Gasteiger partial charge in [0.05, 0.1) is 0 Å². The van der Waals surface area contributed by atoms with Crippen molar-refractivity contribution >= 4 is 39.7 Å². The number of benzene rings is 1. The van der Waals surface area contributed by atoms with Crippen molar-refractivity contribution in [2.75, 3.05) is 0 Å². The fourth-order valence-electron chi connectivity index (χ4n) is 0.895. The molecule has 67 valence electrons. The van der Waals surface area contributed by atoms with Gasteiger partial charge in [0.2, 0.25) is 0 Å². The van der Waals surface area contributed by atoms with Gasteiger partial charge < -0.3 is 0 Å². The van der Waals surface area contributed by atoms with E-state index in [1.54, 1.807) is 24.3 Å². The largest absolute Gasteiger partial charge is 0.285 e. The van der Waals surface area contributed by atoms with Crippen LogP contribution in [0.5, 0.6) is 0 Å². The summed E-state index contributed by atoms with van der Waals surface area (Å²) >= 11 is 0. The minimum Gasteiger partial charge on any atom is -0.285 e. The fraction of sp³-hybridized carbons (Fsp3) is 0.250. The second-order valence-corrected chi connectivity index (χ2v) is 4.16. The Morgan fingerprint density at radius 1 is 1.23 bits per heavy atom. The molecular formula is C8H10NaO3S. The zero-order chi connectivity index (χ0) is 9.19. The third-order valence-electron chi connectivity index (χ3n) is 1.47. The van der Waals surface area contributed by atoms with Crippen LogP contribution in [0.1, 0.15) is 11.1 Å². The molecule has 0 spiro atoms. The van der Waals surface area contributed by atoms with Crippen molar-refractivity contribution in [3.8, 4) is 0 Å². The minimum absolute atomic E-state index is 0. The summed E-state index contributed by atoms with van der Waals surface area (Å²) in [5.41, 5.74) is 1.66. The van der Waals surface area contributed by atoms with E-state index < -0.39 is 10.1 Å². The van der Waals surface area contributed by atoms with Gasteiger partial charge in [-0.1, -0.05) is 29.8 Å². The van der Waals surface area contributed by atoms with Crippen molar-refractivity contribution in [2.45, 2.75) is 12.7 Å². The standard InChI is InChI=1S/C8H10O3S.Na/c1-7-2-4-8(5-3-7)6-12(9,10)11;/h2-5H,6H2,1H3,(H,9,10,11);. The Balaban J connectivity index is 0.00000144. The van der Waals surface area contributed by atoms with Crippen LogP contribution in [0.2, 0.25) is 0 Å². The summed E-state index contributed by atoms with van der Waals surface area (Å²) in [6.07, 6.45) is 0. The van der Waals surface area contributed by atoms with Crippen LogP contribution in [0.4, 0.5) is 0 Å². The molecule has 1 radical (unpaired) electrons. The molecule has 0 unspecified atom stereocenters. The molecule has 0 amide bonds. The van der Waals surface area contributed by atoms with E-state index in [0.717, 1.165) is 5.56 Å². The maximum atomic E-state index is 10.4. The molecular weight excluding hydrogens is 199 g/mol. The minimum atomic E-state index is -3.89. The number of hydrogen-bond acceptors (Lipinski definition) is 2. The normalized spacial score (nSPS) is 10.6. The van der Waals surface area contributed by atoms with E-state index in [2.05, 4.69) is 0 Å². The summed E-state index contributed by atoms with van der Waals surface area (Å²) in [4.78, 5) is 0. The second kappa shape index (κ2) is 5.12. The fourth-order valence-corrected chi connectivity index (χ4v) is 1.51. The molecule has 0 aliphatic carbocycles. The molecule has 0 heterocycles. The van der Waals surface area contributed by atoms with Crippen LogP contribution < -0.4 is 0 Å². The van der Waals surface area contributed by atoms with E-state index in [0.29, 0.717) is 5.56 Å². The SMILES string of the molecule is Cc1ccc(CS(=O)(=O)O)cc1.[Na]. The van der Waals surface area contributed by atoms with E-state index >= 15 is 0 Å². The van der Waals surface area contributed by atoms with Crippen LogP contribution in [-0.4, -0.2) is 42.5 Å². The molecule has 0 atom stereocenters. The zero-order valence-electron chi connectivity index (χ0n) is 7.69. The van der Waals surface area contributed by atoms with Crippen LogP contribution in [0.3, 0.4) is 0 Å². The summed E-state index contributed by atoms with van der Waals surface area (Å²) in [5.74, 6) is -0.312. The maximum absolute atomic E-state index is 10.4. The summed E-state index contributed by atoms with van der Waals surface area (Å²) in [7, 11) is -3.89. The molecule has 0 fully saturated rings. The van der Waals surface area contributed by atoms with Gasteiger partial charge in [0.1, 0.15) is 5.75 Å². The average molecular weight is 209 g/mol. The van der Waals surface area contributed by atoms with Crippen LogP contribution >= 0.6 is 0 Å². The number of aryl methyl sites for hydroxylation is 1. The summed E-state index contributed by atoms with van der Waals surface area (Å²) in [6.45, 7) is 1.91. The Morgan fingerprint density at radius 2 is 1.69 bits per heavy atom. The Labute approximate surface area is 100 Å². The molecule has 0 saturated heterocycles. The van der Waals surface area contributed by atoms with Gasteiger partial charge in [-0.05, 0) is 12.5 Å². The van der Waals surface area contributed by atoms with Gasteiger partial charge in [-0.2, -0.15) is 8.42 Å². The van der Waals surface area contributed by atoms with Gasteiger partial charge in [-0.25, -0.2) is 0 Å². The average Bonchev–Trinajstić information content (AvgIpc) is 1.91. The number of rotatable bonds is 2. The molecule has 1 N–H and O–H groups in total. The third-order valence-corrected chi connectivity index (χ3v) is 2.17. The van der Waals surface area contributed by atoms with E-state index in [4.69, 9.17) is 4.55 Å². The summed E-state index contributed by atoms with van der Waals surface area (Å²) < 4.78 is 29.4. The van der Waals surface area contributed by atoms with Gasteiger partial charge in [-0.3, -0.25) is 4.55 Å². The first kappa shape index (κ1) is 13.1. The van der Waals surface area contributed by atoms with Crippen molar-refractivity contribution < 1.29 is 13.0 Å². The van der Waals surface area contributed by atoms with Crippen LogP contribution in [0.25, 0.3) is 0 Å². The Kier molecular flexibility index (Phi) is 5.17. The molecule has 3 nitrogen and oxygen atoms in total. The predicted molar refractivity (Wildman–Crippen MR) is 52.2 cm³/mol. The van der Waals surface area contributed by atoms with E-state index in [1.165, 1.54) is 0 Å². The first-order valence-corrected chi connectivity index (χ1v) is 5.09. The molecule has 1 aromatic carbocycles. The molecule has 0 aromatic heterocycles. The molecule has 1 rings (SSSR count). The Morgan fingerprint density at radius 3 is 2.08 bits per heavy atom. The molecule has 1 aromatic rings. The monoisotopic (exact) mass is 209 g/mol. The molecule has 0 bridgehead atoms. The second-order valence-electron chi connectivity index (χ2n) is 2.71. The van der Waals surface area contributed by atoms with Gasteiger partial charge in [-0.15, -0.1) is 0 Å². The first-order valence-electron chi connectivity index (χ1n) is 3.48. The third kappa shape index (κ3) is 5.44. The van der Waals surface area contributed by atoms with Crippen molar-refractivity contribution in [1.82, 2.24) is 0 Å². The predicted octanol–water partition coefficient (Wildman–Crippen LogP) is 1.00. The Hall–Kier alpha value is 0.130. The first-order chi connectivity index (χ1) is 5.47. The van der Waals surface area contributed by atoms with Crippen LogP contribution in [0.15, 0.2) is 24.3 Å². The molecule has 0 aliphatic rings. The molecule has 0 saturated carbocycles. The van der Waals surface area contributed by atoms with Gasteiger partial charge in [0, 0.05) is 29.6 Å². The molecule has 13 heavy (non-hydrogen) atoms. The van der Waals surface area contributed by atoms with E-state index in [9.17, 15) is 8.42 Å². The topological polar surface area (TPSA) is 54.4 Å². The summed E-state index contributed by atoms with van der Waals surface area (Å²) in [6, 6.07) is 6.98. The molecule has 0 aliphatic heterocycles. The molecule has 5 heteroatoms. The van der Waals surface area contributed by atoms with Crippen molar-refractivity contribution in [3.05, 3.63) is 35.4 Å². The zero-order valence-corrected chi connectivity index (χ0v) is 10.5. The summed E-state index contributed by atoms with van der Waals surface area (Å²) in [5, 5.41) is 0. The maximum Gasteiger partial charge on any atom is 0.269 e. The van der Waals surface area contributed by atoms with E-state index in [1.807, 2.05) is 6.92 Å². The van der Waals surface area contributed by atoms with Crippen molar-refractivity contribution in [1.29, 1.82) is 0 Å². The van der Waals surface area contributed by atoms with Crippen molar-refractivity contribution in [3.63, 3.8) is 0 Å². The van der Waals surface area contributed by atoms with Crippen LogP contribution in [0, 0.1) is 6.92 Å². The van der Waals surface area contributed by atoms with Crippen LogP contribution in [-0.2, 0) is 15.9 Å². The van der Waals surface area contributed by atoms with Gasteiger partial charge in [0.25, 0.3) is 10.1 Å². The van der Waals surface area contributed by atoms with Crippen molar-refractivity contribution in [2.24, 2.45) is 0 Å². The van der Waals surface area contributed by atoms with Gasteiger partial charge >= 0.3 is 0 Å². The Bertz CT molecular complexity index is 355. The smallest absolute Gasteiger partial charge is 0.269 e. The number of hydrogen-bond donors (Lipinski definition) is 1.